The van der Waals surface area contributed by atoms with Crippen LogP contribution in [0, 0.1) is 6.92 Å². The van der Waals surface area contributed by atoms with Crippen molar-refractivity contribution in [1.82, 2.24) is 14.5 Å². The molecule has 0 aliphatic heterocycles. The number of aryl methyl sites for hydroxylation is 1. The van der Waals surface area contributed by atoms with Crippen LogP contribution in [0.2, 0.25) is 5.02 Å². The van der Waals surface area contributed by atoms with Gasteiger partial charge in [-0.05, 0) is 61.5 Å². The van der Waals surface area contributed by atoms with E-state index < -0.39 is 0 Å². The molecule has 2 heterocycles. The molecule has 0 bridgehead atoms. The van der Waals surface area contributed by atoms with Crippen LogP contribution in [0.3, 0.4) is 0 Å². The number of nitrogens with one attached hydrogen (secondary N) is 2. The molecule has 2 N–H and O–H groups in total. The first-order chi connectivity index (χ1) is 14.5. The number of anilines is 2. The Hall–Kier alpha value is -3.84. The second-order valence-corrected chi connectivity index (χ2v) is 6.85. The van der Waals surface area contributed by atoms with E-state index in [4.69, 9.17) is 16.3 Å². The van der Waals surface area contributed by atoms with Crippen molar-refractivity contribution < 1.29 is 9.53 Å². The Morgan fingerprint density at radius 2 is 1.67 bits per heavy atom. The molecule has 150 valence electrons. The third-order valence-electron chi connectivity index (χ3n) is 4.09. The molecular formula is C22H18ClN5O2. The van der Waals surface area contributed by atoms with Crippen molar-refractivity contribution in [1.29, 1.82) is 0 Å². The molecule has 0 spiro atoms. The smallest absolute Gasteiger partial charge is 0.323 e. The SMILES string of the molecule is Cc1nc(Oc2ccc(NC(=O)Nc3cccc(Cl)c3)cc2)cc(-n2cccc2)n1. The average Bonchev–Trinajstić information content (AvgIpc) is 3.24. The number of hydrogen-bond acceptors (Lipinski definition) is 4. The maximum atomic E-state index is 12.1. The molecular weight excluding hydrogens is 402 g/mol. The predicted molar refractivity (Wildman–Crippen MR) is 117 cm³/mol. The largest absolute Gasteiger partial charge is 0.439 e. The second-order valence-electron chi connectivity index (χ2n) is 6.42. The van der Waals surface area contributed by atoms with Gasteiger partial charge in [0.05, 0.1) is 0 Å². The van der Waals surface area contributed by atoms with Crippen molar-refractivity contribution in [2.24, 2.45) is 0 Å². The van der Waals surface area contributed by atoms with Crippen LogP contribution in [0.4, 0.5) is 16.2 Å². The summed E-state index contributed by atoms with van der Waals surface area (Å²) in [6.07, 6.45) is 3.81. The lowest BCUT2D eigenvalue weighted by Crippen LogP contribution is -2.19. The van der Waals surface area contributed by atoms with Crippen molar-refractivity contribution >= 4 is 29.0 Å². The molecule has 7 nitrogen and oxygen atoms in total. The molecule has 2 aromatic heterocycles. The minimum absolute atomic E-state index is 0.367. The van der Waals surface area contributed by atoms with Gasteiger partial charge in [-0.1, -0.05) is 17.7 Å². The maximum absolute atomic E-state index is 12.1. The number of urea groups is 1. The minimum atomic E-state index is -0.367. The van der Waals surface area contributed by atoms with E-state index in [2.05, 4.69) is 20.6 Å². The van der Waals surface area contributed by atoms with Crippen molar-refractivity contribution in [3.05, 3.63) is 90.0 Å². The Bertz CT molecular complexity index is 1160. The molecule has 0 unspecified atom stereocenters. The number of hydrogen-bond donors (Lipinski definition) is 2. The molecule has 2 amide bonds. The summed E-state index contributed by atoms with van der Waals surface area (Å²) in [6.45, 7) is 1.81. The van der Waals surface area contributed by atoms with E-state index in [1.165, 1.54) is 0 Å². The highest BCUT2D eigenvalue weighted by atomic mass is 35.5. The zero-order chi connectivity index (χ0) is 20.9. The number of ether oxygens (including phenoxy) is 1. The highest BCUT2D eigenvalue weighted by Gasteiger charge is 2.07. The standard InChI is InChI=1S/C22H18ClN5O2/c1-15-24-20(28-11-2-3-12-28)14-21(25-15)30-19-9-7-17(8-10-19)26-22(29)27-18-6-4-5-16(23)13-18/h2-14H,1H3,(H2,26,27,29). The molecule has 0 saturated heterocycles. The molecule has 0 radical (unpaired) electrons. The molecule has 2 aromatic carbocycles. The van der Waals surface area contributed by atoms with Gasteiger partial charge >= 0.3 is 6.03 Å². The normalized spacial score (nSPS) is 10.5. The van der Waals surface area contributed by atoms with Gasteiger partial charge < -0.3 is 19.9 Å². The van der Waals surface area contributed by atoms with Crippen molar-refractivity contribution in [2.45, 2.75) is 6.92 Å². The van der Waals surface area contributed by atoms with Crippen molar-refractivity contribution in [3.63, 3.8) is 0 Å². The van der Waals surface area contributed by atoms with Crippen LogP contribution in [0.15, 0.2) is 79.1 Å². The summed E-state index contributed by atoms with van der Waals surface area (Å²) in [6, 6.07) is 19.2. The lowest BCUT2D eigenvalue weighted by atomic mass is 10.3. The number of carbonyl (C=O) groups is 1. The number of aromatic nitrogens is 3. The fraction of sp³-hybridized carbons (Fsp3) is 0.0455. The van der Waals surface area contributed by atoms with Crippen LogP contribution in [0.1, 0.15) is 5.82 Å². The summed E-state index contributed by atoms with van der Waals surface area (Å²) < 4.78 is 7.74. The number of amides is 2. The van der Waals surface area contributed by atoms with Gasteiger partial charge in [-0.3, -0.25) is 0 Å². The topological polar surface area (TPSA) is 81.1 Å². The number of nitrogens with zero attached hydrogens (tertiary/aromatic N) is 3. The van der Waals surface area contributed by atoms with E-state index in [1.807, 2.05) is 36.0 Å². The molecule has 0 atom stereocenters. The van der Waals surface area contributed by atoms with Gasteiger partial charge in [-0.2, -0.15) is 4.98 Å². The van der Waals surface area contributed by atoms with Gasteiger partial charge in [0.25, 0.3) is 0 Å². The first-order valence-corrected chi connectivity index (χ1v) is 9.53. The fourth-order valence-corrected chi connectivity index (χ4v) is 2.97. The van der Waals surface area contributed by atoms with E-state index in [-0.39, 0.29) is 6.03 Å². The zero-order valence-electron chi connectivity index (χ0n) is 16.0. The van der Waals surface area contributed by atoms with Crippen LogP contribution in [-0.2, 0) is 0 Å². The van der Waals surface area contributed by atoms with Gasteiger partial charge in [0.2, 0.25) is 5.88 Å². The van der Waals surface area contributed by atoms with Crippen LogP contribution < -0.4 is 15.4 Å². The summed E-state index contributed by atoms with van der Waals surface area (Å²) >= 11 is 5.92. The molecule has 0 fully saturated rings. The zero-order valence-corrected chi connectivity index (χ0v) is 16.8. The quantitative estimate of drug-likeness (QED) is 0.437. The summed E-state index contributed by atoms with van der Waals surface area (Å²) in [5.74, 6) is 2.35. The number of rotatable bonds is 5. The summed E-state index contributed by atoms with van der Waals surface area (Å²) in [7, 11) is 0. The summed E-state index contributed by atoms with van der Waals surface area (Å²) in [5, 5.41) is 6.04. The van der Waals surface area contributed by atoms with Crippen molar-refractivity contribution in [3.8, 4) is 17.4 Å². The van der Waals surface area contributed by atoms with E-state index >= 15 is 0 Å². The van der Waals surface area contributed by atoms with Crippen LogP contribution in [0.25, 0.3) is 5.82 Å². The minimum Gasteiger partial charge on any atom is -0.439 e. The predicted octanol–water partition coefficient (Wildman–Crippen LogP) is 5.67. The third kappa shape index (κ3) is 4.95. The monoisotopic (exact) mass is 419 g/mol. The third-order valence-corrected chi connectivity index (χ3v) is 4.32. The lowest BCUT2D eigenvalue weighted by Gasteiger charge is -2.10. The van der Waals surface area contributed by atoms with E-state index in [0.29, 0.717) is 33.9 Å². The van der Waals surface area contributed by atoms with Gasteiger partial charge in [0.15, 0.2) is 0 Å². The van der Waals surface area contributed by atoms with Gasteiger partial charge in [-0.25, -0.2) is 9.78 Å². The summed E-state index contributed by atoms with van der Waals surface area (Å²) in [5.41, 5.74) is 1.23. The molecule has 0 aliphatic carbocycles. The fourth-order valence-electron chi connectivity index (χ4n) is 2.78. The second kappa shape index (κ2) is 8.67. The van der Waals surface area contributed by atoms with E-state index in [0.717, 1.165) is 5.82 Å². The number of carbonyl (C=O) groups excluding carboxylic acids is 1. The van der Waals surface area contributed by atoms with Crippen LogP contribution in [0.5, 0.6) is 11.6 Å². The highest BCUT2D eigenvalue weighted by Crippen LogP contribution is 2.23. The molecule has 0 saturated carbocycles. The summed E-state index contributed by atoms with van der Waals surface area (Å²) in [4.78, 5) is 20.9. The van der Waals surface area contributed by atoms with E-state index in [1.54, 1.807) is 54.6 Å². The maximum Gasteiger partial charge on any atom is 0.323 e. The Kier molecular flexibility index (Phi) is 5.63. The molecule has 0 aliphatic rings. The molecule has 4 rings (SSSR count). The number of benzene rings is 2. The number of halogens is 1. The van der Waals surface area contributed by atoms with Crippen molar-refractivity contribution in [2.75, 3.05) is 10.6 Å². The Morgan fingerprint density at radius 3 is 2.40 bits per heavy atom. The van der Waals surface area contributed by atoms with Gasteiger partial charge in [0, 0.05) is 34.9 Å². The highest BCUT2D eigenvalue weighted by molar-refractivity contribution is 6.30. The average molecular weight is 420 g/mol. The first-order valence-electron chi connectivity index (χ1n) is 9.16. The van der Waals surface area contributed by atoms with Gasteiger partial charge in [-0.15, -0.1) is 0 Å². The first kappa shape index (κ1) is 19.5. The molecule has 8 heteroatoms. The Labute approximate surface area is 178 Å². The Morgan fingerprint density at radius 1 is 0.933 bits per heavy atom. The Balaban J connectivity index is 1.41. The van der Waals surface area contributed by atoms with Crippen LogP contribution >= 0.6 is 11.6 Å². The molecule has 4 aromatic rings. The molecule has 30 heavy (non-hydrogen) atoms. The van der Waals surface area contributed by atoms with Gasteiger partial charge in [0.1, 0.15) is 17.4 Å². The lowest BCUT2D eigenvalue weighted by molar-refractivity contribution is 0.262. The van der Waals surface area contributed by atoms with E-state index in [9.17, 15) is 4.79 Å². The van der Waals surface area contributed by atoms with Crippen LogP contribution in [-0.4, -0.2) is 20.6 Å².